The van der Waals surface area contributed by atoms with Crippen LogP contribution in [0.15, 0.2) is 35.5 Å². The molecular weight excluding hydrogens is 370 g/mol. The number of imidazole rings is 1. The summed E-state index contributed by atoms with van der Waals surface area (Å²) in [5.41, 5.74) is 3.16. The summed E-state index contributed by atoms with van der Waals surface area (Å²) in [5.74, 6) is 0.407. The molecular formula is C18H23N3O3S2. The van der Waals surface area contributed by atoms with Crippen molar-refractivity contribution in [2.75, 3.05) is 24.3 Å². The lowest BCUT2D eigenvalue weighted by atomic mass is 10.1. The third kappa shape index (κ3) is 4.67. The third-order valence-corrected chi connectivity index (χ3v) is 7.27. The van der Waals surface area contributed by atoms with E-state index < -0.39 is 9.84 Å². The van der Waals surface area contributed by atoms with Gasteiger partial charge in [0.2, 0.25) is 5.91 Å². The third-order valence-electron chi connectivity index (χ3n) is 4.66. The van der Waals surface area contributed by atoms with Crippen LogP contribution in [0.5, 0.6) is 0 Å². The van der Waals surface area contributed by atoms with Gasteiger partial charge in [-0.25, -0.2) is 13.4 Å². The van der Waals surface area contributed by atoms with E-state index in [1.165, 1.54) is 17.3 Å². The number of aromatic nitrogens is 2. The van der Waals surface area contributed by atoms with Crippen LogP contribution in [-0.4, -0.2) is 59.5 Å². The van der Waals surface area contributed by atoms with Crippen LogP contribution in [0.1, 0.15) is 23.4 Å². The molecule has 0 saturated carbocycles. The van der Waals surface area contributed by atoms with Crippen molar-refractivity contribution >= 4 is 27.5 Å². The van der Waals surface area contributed by atoms with Crippen LogP contribution < -0.4 is 0 Å². The number of aromatic amines is 1. The molecule has 8 heteroatoms. The molecule has 1 fully saturated rings. The maximum absolute atomic E-state index is 12.4. The van der Waals surface area contributed by atoms with Gasteiger partial charge in [0.15, 0.2) is 15.0 Å². The van der Waals surface area contributed by atoms with Crippen LogP contribution in [0.25, 0.3) is 0 Å². The van der Waals surface area contributed by atoms with Crippen molar-refractivity contribution in [3.8, 4) is 0 Å². The number of hydrogen-bond acceptors (Lipinski definition) is 5. The number of sulfone groups is 1. The molecule has 140 valence electrons. The highest BCUT2D eigenvalue weighted by Crippen LogP contribution is 2.21. The quantitative estimate of drug-likeness (QED) is 0.760. The van der Waals surface area contributed by atoms with Crippen LogP contribution in [-0.2, 0) is 21.1 Å². The second-order valence-electron chi connectivity index (χ2n) is 6.63. The summed E-state index contributed by atoms with van der Waals surface area (Å²) in [5, 5.41) is 0.717. The molecule has 1 aliphatic heterocycles. The van der Waals surface area contributed by atoms with Crippen molar-refractivity contribution in [1.29, 1.82) is 0 Å². The molecule has 0 bridgehead atoms. The van der Waals surface area contributed by atoms with Crippen molar-refractivity contribution in [2.45, 2.75) is 31.0 Å². The normalized spacial score (nSPS) is 18.8. The van der Waals surface area contributed by atoms with Gasteiger partial charge in [-0.3, -0.25) is 4.79 Å². The Labute approximate surface area is 158 Å². The fourth-order valence-corrected chi connectivity index (χ4v) is 5.65. The first-order chi connectivity index (χ1) is 12.3. The second kappa shape index (κ2) is 7.84. The molecule has 26 heavy (non-hydrogen) atoms. The van der Waals surface area contributed by atoms with E-state index in [0.29, 0.717) is 11.6 Å². The number of thioether (sulfide) groups is 1. The molecule has 2 aromatic rings. The smallest absolute Gasteiger partial charge is 0.233 e. The number of amides is 1. The molecule has 1 aromatic heterocycles. The number of carbonyl (C=O) groups is 1. The predicted octanol–water partition coefficient (Wildman–Crippen LogP) is 2.05. The standard InChI is InChI=1S/C18H23N3O3S2/c1-13-16(10-14-6-4-3-5-7-14)20-18(19-13)25-11-17(22)21(2)15-8-9-26(23,24)12-15/h3-7,15H,8-12H2,1-2H3,(H,19,20)/t15-/m0/s1. The first-order valence-electron chi connectivity index (χ1n) is 8.52. The number of rotatable bonds is 6. The summed E-state index contributed by atoms with van der Waals surface area (Å²) < 4.78 is 23.2. The molecule has 1 amide bonds. The summed E-state index contributed by atoms with van der Waals surface area (Å²) >= 11 is 1.35. The minimum Gasteiger partial charge on any atom is -0.341 e. The Morgan fingerprint density at radius 2 is 2.08 bits per heavy atom. The minimum absolute atomic E-state index is 0.0704. The van der Waals surface area contributed by atoms with E-state index >= 15 is 0 Å². The van der Waals surface area contributed by atoms with Gasteiger partial charge >= 0.3 is 0 Å². The summed E-state index contributed by atoms with van der Waals surface area (Å²) in [6.45, 7) is 1.98. The maximum atomic E-state index is 12.4. The van der Waals surface area contributed by atoms with Crippen LogP contribution in [0.2, 0.25) is 0 Å². The zero-order valence-corrected chi connectivity index (χ0v) is 16.6. The Bertz CT molecular complexity index is 878. The van der Waals surface area contributed by atoms with E-state index in [1.807, 2.05) is 25.1 Å². The van der Waals surface area contributed by atoms with E-state index in [0.717, 1.165) is 17.8 Å². The van der Waals surface area contributed by atoms with Gasteiger partial charge in [0.05, 0.1) is 23.0 Å². The summed E-state index contributed by atoms with van der Waals surface area (Å²) in [7, 11) is -1.31. The second-order valence-corrected chi connectivity index (χ2v) is 9.82. The van der Waals surface area contributed by atoms with Crippen LogP contribution >= 0.6 is 11.8 Å². The summed E-state index contributed by atoms with van der Waals surface area (Å²) in [4.78, 5) is 21.8. The zero-order valence-electron chi connectivity index (χ0n) is 14.9. The van der Waals surface area contributed by atoms with Crippen molar-refractivity contribution < 1.29 is 13.2 Å². The Kier molecular flexibility index (Phi) is 5.72. The van der Waals surface area contributed by atoms with Gasteiger partial charge in [0.25, 0.3) is 0 Å². The Balaban J connectivity index is 1.56. The van der Waals surface area contributed by atoms with Crippen molar-refractivity contribution in [1.82, 2.24) is 14.9 Å². The molecule has 6 nitrogen and oxygen atoms in total. The average Bonchev–Trinajstić information content (AvgIpc) is 3.15. The molecule has 1 atom stereocenters. The van der Waals surface area contributed by atoms with Gasteiger partial charge in [-0.15, -0.1) is 0 Å². The van der Waals surface area contributed by atoms with Crippen molar-refractivity contribution in [3.63, 3.8) is 0 Å². The van der Waals surface area contributed by atoms with Gasteiger partial charge in [0, 0.05) is 25.2 Å². The Morgan fingerprint density at radius 1 is 1.35 bits per heavy atom. The number of benzene rings is 1. The van der Waals surface area contributed by atoms with Gasteiger partial charge in [-0.2, -0.15) is 0 Å². The average molecular weight is 394 g/mol. The number of H-pyrrole nitrogens is 1. The molecule has 1 aromatic carbocycles. The van der Waals surface area contributed by atoms with Crippen LogP contribution in [0, 0.1) is 6.92 Å². The maximum Gasteiger partial charge on any atom is 0.233 e. The van der Waals surface area contributed by atoms with Gasteiger partial charge in [0.1, 0.15) is 0 Å². The van der Waals surface area contributed by atoms with E-state index in [4.69, 9.17) is 0 Å². The molecule has 2 heterocycles. The summed E-state index contributed by atoms with van der Waals surface area (Å²) in [6.07, 6.45) is 1.27. The van der Waals surface area contributed by atoms with Crippen molar-refractivity contribution in [3.05, 3.63) is 47.3 Å². The minimum atomic E-state index is -2.99. The van der Waals surface area contributed by atoms with Crippen molar-refractivity contribution in [2.24, 2.45) is 0 Å². The molecule has 0 unspecified atom stereocenters. The monoisotopic (exact) mass is 393 g/mol. The Morgan fingerprint density at radius 3 is 2.73 bits per heavy atom. The molecule has 1 N–H and O–H groups in total. The SMILES string of the molecule is Cc1[nH]c(SCC(=O)N(C)[C@H]2CCS(=O)(=O)C2)nc1Cc1ccccc1. The number of nitrogens with zero attached hydrogens (tertiary/aromatic N) is 2. The molecule has 1 saturated heterocycles. The highest BCUT2D eigenvalue weighted by Gasteiger charge is 2.32. The lowest BCUT2D eigenvalue weighted by molar-refractivity contribution is -0.128. The lowest BCUT2D eigenvalue weighted by Crippen LogP contribution is -2.38. The largest absolute Gasteiger partial charge is 0.341 e. The molecule has 3 rings (SSSR count). The molecule has 1 aliphatic rings. The number of carbonyl (C=O) groups excluding carboxylic acids is 1. The van der Waals surface area contributed by atoms with Gasteiger partial charge < -0.3 is 9.88 Å². The fourth-order valence-electron chi connectivity index (χ4n) is 3.01. The lowest BCUT2D eigenvalue weighted by Gasteiger charge is -2.22. The van der Waals surface area contributed by atoms with Crippen LogP contribution in [0.3, 0.4) is 0 Å². The van der Waals surface area contributed by atoms with E-state index in [-0.39, 0.29) is 29.2 Å². The first-order valence-corrected chi connectivity index (χ1v) is 11.3. The summed E-state index contributed by atoms with van der Waals surface area (Å²) in [6, 6.07) is 9.92. The van der Waals surface area contributed by atoms with Crippen LogP contribution in [0.4, 0.5) is 0 Å². The number of aryl methyl sites for hydroxylation is 1. The number of hydrogen-bond donors (Lipinski definition) is 1. The first kappa shape index (κ1) is 19.0. The predicted molar refractivity (Wildman–Crippen MR) is 103 cm³/mol. The van der Waals surface area contributed by atoms with E-state index in [2.05, 4.69) is 22.1 Å². The van der Waals surface area contributed by atoms with E-state index in [9.17, 15) is 13.2 Å². The topological polar surface area (TPSA) is 83.1 Å². The van der Waals surface area contributed by atoms with Gasteiger partial charge in [-0.1, -0.05) is 42.1 Å². The molecule has 0 radical (unpaired) electrons. The molecule has 0 aliphatic carbocycles. The number of nitrogens with one attached hydrogen (secondary N) is 1. The highest BCUT2D eigenvalue weighted by molar-refractivity contribution is 7.99. The van der Waals surface area contributed by atoms with Gasteiger partial charge in [-0.05, 0) is 18.9 Å². The highest BCUT2D eigenvalue weighted by atomic mass is 32.2. The fraction of sp³-hybridized carbons (Fsp3) is 0.444. The molecule has 0 spiro atoms. The zero-order chi connectivity index (χ0) is 18.7. The van der Waals surface area contributed by atoms with E-state index in [1.54, 1.807) is 11.9 Å². The Hall–Kier alpha value is -1.80.